The second-order valence-electron chi connectivity index (χ2n) is 4.50. The minimum Gasteiger partial charge on any atom is -0.349 e. The third-order valence-electron chi connectivity index (χ3n) is 3.30. The molecule has 0 aliphatic rings. The molecule has 0 saturated carbocycles. The minimum absolute atomic E-state index is 0.0285. The molecule has 5 nitrogen and oxygen atoms in total. The first-order chi connectivity index (χ1) is 9.04. The van der Waals surface area contributed by atoms with Crippen LogP contribution < -0.4 is 5.56 Å². The molecular weight excluding hydrogens is 242 g/mol. The lowest BCUT2D eigenvalue weighted by Crippen LogP contribution is -2.23. The Morgan fingerprint density at radius 1 is 1.37 bits per heavy atom. The van der Waals surface area contributed by atoms with E-state index in [9.17, 15) is 9.59 Å². The number of nitrogens with zero attached hydrogens (tertiary/aromatic N) is 3. The SMILES string of the molecule is CCn1c(C)cc(C(=O)Cn2cnccc2=O)c1C. The van der Waals surface area contributed by atoms with Crippen LogP contribution in [0.1, 0.15) is 28.7 Å². The fourth-order valence-corrected chi connectivity index (χ4v) is 2.31. The van der Waals surface area contributed by atoms with Crippen LogP contribution in [0.25, 0.3) is 0 Å². The van der Waals surface area contributed by atoms with Crippen molar-refractivity contribution >= 4 is 5.78 Å². The highest BCUT2D eigenvalue weighted by Gasteiger charge is 2.15. The standard InChI is InChI=1S/C14H17N3O2/c1-4-17-10(2)7-12(11(17)3)13(18)8-16-9-15-6-5-14(16)19/h5-7,9H,4,8H2,1-3H3. The van der Waals surface area contributed by atoms with Gasteiger partial charge in [0.25, 0.3) is 5.56 Å². The van der Waals surface area contributed by atoms with Crippen molar-refractivity contribution in [2.75, 3.05) is 0 Å². The van der Waals surface area contributed by atoms with Crippen LogP contribution in [0.5, 0.6) is 0 Å². The molecule has 0 fully saturated rings. The van der Waals surface area contributed by atoms with Crippen molar-refractivity contribution in [1.82, 2.24) is 14.1 Å². The average Bonchev–Trinajstić information content (AvgIpc) is 2.67. The molecule has 0 aromatic carbocycles. The summed E-state index contributed by atoms with van der Waals surface area (Å²) in [5, 5.41) is 0. The smallest absolute Gasteiger partial charge is 0.253 e. The third kappa shape index (κ3) is 2.50. The molecule has 0 saturated heterocycles. The number of hydrogen-bond donors (Lipinski definition) is 0. The van der Waals surface area contributed by atoms with Crippen molar-refractivity contribution in [2.45, 2.75) is 33.9 Å². The number of rotatable bonds is 4. The summed E-state index contributed by atoms with van der Waals surface area (Å²) in [4.78, 5) is 27.7. The Kier molecular flexibility index (Phi) is 3.64. The largest absolute Gasteiger partial charge is 0.349 e. The summed E-state index contributed by atoms with van der Waals surface area (Å²) in [6.07, 6.45) is 2.81. The van der Waals surface area contributed by atoms with E-state index in [4.69, 9.17) is 0 Å². The molecular formula is C14H17N3O2. The van der Waals surface area contributed by atoms with Crippen LogP contribution in [0.2, 0.25) is 0 Å². The highest BCUT2D eigenvalue weighted by atomic mass is 16.1. The number of carbonyl (C=O) groups is 1. The zero-order valence-corrected chi connectivity index (χ0v) is 11.4. The first-order valence-electron chi connectivity index (χ1n) is 6.25. The van der Waals surface area contributed by atoms with Crippen molar-refractivity contribution < 1.29 is 4.79 Å². The lowest BCUT2D eigenvalue weighted by atomic mass is 10.1. The Labute approximate surface area is 111 Å². The Hall–Kier alpha value is -2.17. The van der Waals surface area contributed by atoms with E-state index in [0.29, 0.717) is 5.56 Å². The van der Waals surface area contributed by atoms with Crippen molar-refractivity contribution in [3.8, 4) is 0 Å². The van der Waals surface area contributed by atoms with Crippen molar-refractivity contribution in [3.05, 3.63) is 52.0 Å². The Balaban J connectivity index is 2.31. The van der Waals surface area contributed by atoms with Gasteiger partial charge in [-0.05, 0) is 26.8 Å². The summed E-state index contributed by atoms with van der Waals surface area (Å²) < 4.78 is 3.40. The zero-order chi connectivity index (χ0) is 14.0. The Morgan fingerprint density at radius 2 is 2.11 bits per heavy atom. The van der Waals surface area contributed by atoms with Gasteiger partial charge in [-0.15, -0.1) is 0 Å². The van der Waals surface area contributed by atoms with Gasteiger partial charge in [0, 0.05) is 35.8 Å². The lowest BCUT2D eigenvalue weighted by molar-refractivity contribution is 0.0969. The van der Waals surface area contributed by atoms with Gasteiger partial charge in [-0.2, -0.15) is 0 Å². The quantitative estimate of drug-likeness (QED) is 0.783. The highest BCUT2D eigenvalue weighted by molar-refractivity contribution is 5.97. The molecule has 2 aromatic rings. The molecule has 100 valence electrons. The van der Waals surface area contributed by atoms with Crippen LogP contribution in [0.4, 0.5) is 0 Å². The van der Waals surface area contributed by atoms with Gasteiger partial charge in [-0.3, -0.25) is 14.2 Å². The number of ketones is 1. The van der Waals surface area contributed by atoms with Crippen LogP contribution in [0, 0.1) is 13.8 Å². The lowest BCUT2D eigenvalue weighted by Gasteiger charge is -2.06. The van der Waals surface area contributed by atoms with Crippen LogP contribution in [-0.4, -0.2) is 19.9 Å². The first-order valence-corrected chi connectivity index (χ1v) is 6.25. The van der Waals surface area contributed by atoms with Gasteiger partial charge in [0.2, 0.25) is 0 Å². The van der Waals surface area contributed by atoms with Gasteiger partial charge in [0.05, 0.1) is 12.9 Å². The van der Waals surface area contributed by atoms with E-state index in [1.165, 1.54) is 23.2 Å². The van der Waals surface area contributed by atoms with Gasteiger partial charge in [-0.25, -0.2) is 4.98 Å². The number of aryl methyl sites for hydroxylation is 1. The van der Waals surface area contributed by atoms with E-state index in [0.717, 1.165) is 17.9 Å². The maximum Gasteiger partial charge on any atom is 0.253 e. The third-order valence-corrected chi connectivity index (χ3v) is 3.30. The van der Waals surface area contributed by atoms with E-state index in [1.54, 1.807) is 0 Å². The molecule has 0 unspecified atom stereocenters. The van der Waals surface area contributed by atoms with E-state index in [-0.39, 0.29) is 17.9 Å². The minimum atomic E-state index is -0.215. The van der Waals surface area contributed by atoms with Crippen molar-refractivity contribution in [3.63, 3.8) is 0 Å². The van der Waals surface area contributed by atoms with E-state index < -0.39 is 0 Å². The van der Waals surface area contributed by atoms with E-state index in [1.807, 2.05) is 26.8 Å². The van der Waals surface area contributed by atoms with Gasteiger partial charge in [0.1, 0.15) is 0 Å². The maximum absolute atomic E-state index is 12.3. The topological polar surface area (TPSA) is 56.9 Å². The molecule has 0 aliphatic carbocycles. The van der Waals surface area contributed by atoms with Crippen molar-refractivity contribution in [1.29, 1.82) is 0 Å². The molecule has 2 aromatic heterocycles. The molecule has 0 radical (unpaired) electrons. The summed E-state index contributed by atoms with van der Waals surface area (Å²) in [6.45, 7) is 6.80. The molecule has 0 atom stereocenters. The summed E-state index contributed by atoms with van der Waals surface area (Å²) in [5.41, 5.74) is 2.46. The molecule has 2 heterocycles. The van der Waals surface area contributed by atoms with Crippen LogP contribution in [0.3, 0.4) is 0 Å². The molecule has 2 rings (SSSR count). The molecule has 5 heteroatoms. The maximum atomic E-state index is 12.3. The summed E-state index contributed by atoms with van der Waals surface area (Å²) in [5.74, 6) is -0.0668. The molecule has 0 N–H and O–H groups in total. The summed E-state index contributed by atoms with van der Waals surface area (Å²) in [7, 11) is 0. The highest BCUT2D eigenvalue weighted by Crippen LogP contribution is 2.15. The number of Topliss-reactive ketones (excluding diaryl/α,β-unsaturated/α-hetero) is 1. The molecule has 0 aliphatic heterocycles. The van der Waals surface area contributed by atoms with Gasteiger partial charge in [-0.1, -0.05) is 0 Å². The Morgan fingerprint density at radius 3 is 2.68 bits per heavy atom. The molecule has 0 spiro atoms. The van der Waals surface area contributed by atoms with E-state index in [2.05, 4.69) is 9.55 Å². The predicted octanol–water partition coefficient (Wildman–Crippen LogP) is 1.56. The second kappa shape index (κ2) is 5.22. The van der Waals surface area contributed by atoms with Crippen LogP contribution in [0.15, 0.2) is 29.5 Å². The Bertz CT molecular complexity index is 668. The fraction of sp³-hybridized carbons (Fsp3) is 0.357. The molecule has 0 bridgehead atoms. The number of aromatic nitrogens is 3. The normalized spacial score (nSPS) is 10.7. The average molecular weight is 259 g/mol. The zero-order valence-electron chi connectivity index (χ0n) is 11.4. The first kappa shape index (κ1) is 13.3. The summed E-state index contributed by atoms with van der Waals surface area (Å²) >= 11 is 0. The van der Waals surface area contributed by atoms with Gasteiger partial charge in [0.15, 0.2) is 5.78 Å². The van der Waals surface area contributed by atoms with Crippen LogP contribution >= 0.6 is 0 Å². The van der Waals surface area contributed by atoms with Gasteiger partial charge >= 0.3 is 0 Å². The fourth-order valence-electron chi connectivity index (χ4n) is 2.31. The van der Waals surface area contributed by atoms with E-state index >= 15 is 0 Å². The molecule has 0 amide bonds. The predicted molar refractivity (Wildman–Crippen MR) is 72.4 cm³/mol. The number of hydrogen-bond acceptors (Lipinski definition) is 3. The monoisotopic (exact) mass is 259 g/mol. The summed E-state index contributed by atoms with van der Waals surface area (Å²) in [6, 6.07) is 3.23. The number of carbonyl (C=O) groups excluding carboxylic acids is 1. The van der Waals surface area contributed by atoms with Gasteiger partial charge < -0.3 is 4.57 Å². The van der Waals surface area contributed by atoms with Crippen molar-refractivity contribution in [2.24, 2.45) is 0 Å². The van der Waals surface area contributed by atoms with Crippen LogP contribution in [-0.2, 0) is 13.1 Å². The second-order valence-corrected chi connectivity index (χ2v) is 4.50. The molecule has 19 heavy (non-hydrogen) atoms.